The molecule has 0 saturated heterocycles. The molecule has 2 heterocycles. The van der Waals surface area contributed by atoms with E-state index in [0.29, 0.717) is 17.3 Å². The van der Waals surface area contributed by atoms with Crippen molar-refractivity contribution in [1.82, 2.24) is 9.97 Å². The zero-order valence-electron chi connectivity index (χ0n) is 14.9. The average molecular weight is 362 g/mol. The third-order valence-electron chi connectivity index (χ3n) is 4.38. The number of anilines is 3. The largest absolute Gasteiger partial charge is 0.454 e. The summed E-state index contributed by atoms with van der Waals surface area (Å²) in [6.45, 7) is 4.19. The number of amides is 1. The van der Waals surface area contributed by atoms with Gasteiger partial charge in [-0.05, 0) is 43.2 Å². The number of fused-ring (bicyclic) bond motifs is 1. The van der Waals surface area contributed by atoms with Gasteiger partial charge in [-0.25, -0.2) is 9.97 Å². The van der Waals surface area contributed by atoms with Crippen molar-refractivity contribution >= 4 is 23.1 Å². The van der Waals surface area contributed by atoms with Gasteiger partial charge < -0.3 is 20.1 Å². The van der Waals surface area contributed by atoms with Crippen LogP contribution in [-0.4, -0.2) is 22.7 Å². The van der Waals surface area contributed by atoms with Crippen LogP contribution in [0.5, 0.6) is 11.5 Å². The van der Waals surface area contributed by atoms with E-state index in [-0.39, 0.29) is 18.4 Å². The van der Waals surface area contributed by atoms with E-state index in [1.807, 2.05) is 50.2 Å². The maximum atomic E-state index is 12.4. The number of nitrogens with one attached hydrogen (secondary N) is 2. The Morgan fingerprint density at radius 1 is 1.04 bits per heavy atom. The molecule has 3 aromatic rings. The Kier molecular flexibility index (Phi) is 4.33. The highest BCUT2D eigenvalue weighted by Gasteiger charge is 2.14. The van der Waals surface area contributed by atoms with Gasteiger partial charge in [0.1, 0.15) is 11.5 Å². The summed E-state index contributed by atoms with van der Waals surface area (Å²) in [4.78, 5) is 20.9. The number of hydrogen-bond acceptors (Lipinski definition) is 6. The second-order valence-electron chi connectivity index (χ2n) is 6.18. The lowest BCUT2D eigenvalue weighted by atomic mass is 10.1. The lowest BCUT2D eigenvalue weighted by Crippen LogP contribution is -2.15. The van der Waals surface area contributed by atoms with Crippen LogP contribution < -0.4 is 20.1 Å². The lowest BCUT2D eigenvalue weighted by molar-refractivity contribution is 0.102. The standard InChI is InChI=1S/C20H18N4O3/c1-12-4-3-5-15(13(12)2)24-20(25)16-9-22-19(10-21-16)23-14-6-7-17-18(8-14)27-11-26-17/h3-10H,11H2,1-2H3,(H,22,23)(H,24,25). The van der Waals surface area contributed by atoms with Crippen LogP contribution in [0.15, 0.2) is 48.8 Å². The molecule has 0 aliphatic carbocycles. The molecule has 4 rings (SSSR count). The van der Waals surface area contributed by atoms with Crippen LogP contribution in [0.2, 0.25) is 0 Å². The molecule has 0 fully saturated rings. The quantitative estimate of drug-likeness (QED) is 0.734. The summed E-state index contributed by atoms with van der Waals surface area (Å²) in [6, 6.07) is 11.3. The number of nitrogens with zero attached hydrogens (tertiary/aromatic N) is 2. The lowest BCUT2D eigenvalue weighted by Gasteiger charge is -2.10. The molecule has 27 heavy (non-hydrogen) atoms. The minimum atomic E-state index is -0.300. The van der Waals surface area contributed by atoms with Crippen LogP contribution in [0.4, 0.5) is 17.2 Å². The first-order valence-electron chi connectivity index (χ1n) is 8.46. The van der Waals surface area contributed by atoms with E-state index < -0.39 is 0 Å². The summed E-state index contributed by atoms with van der Waals surface area (Å²) in [7, 11) is 0. The maximum absolute atomic E-state index is 12.4. The van der Waals surface area contributed by atoms with Crippen LogP contribution in [0.1, 0.15) is 21.6 Å². The highest BCUT2D eigenvalue weighted by Crippen LogP contribution is 2.34. The van der Waals surface area contributed by atoms with Gasteiger partial charge in [-0.2, -0.15) is 0 Å². The molecule has 0 spiro atoms. The predicted molar refractivity (Wildman–Crippen MR) is 102 cm³/mol. The van der Waals surface area contributed by atoms with E-state index in [1.165, 1.54) is 12.4 Å². The number of hydrogen-bond donors (Lipinski definition) is 2. The van der Waals surface area contributed by atoms with Crippen molar-refractivity contribution < 1.29 is 14.3 Å². The first-order valence-corrected chi connectivity index (χ1v) is 8.46. The molecule has 2 aromatic carbocycles. The second kappa shape index (κ2) is 6.95. The van der Waals surface area contributed by atoms with Crippen molar-refractivity contribution in [1.29, 1.82) is 0 Å². The molecule has 0 bridgehead atoms. The highest BCUT2D eigenvalue weighted by atomic mass is 16.7. The van der Waals surface area contributed by atoms with Crippen molar-refractivity contribution in [2.75, 3.05) is 17.4 Å². The fraction of sp³-hybridized carbons (Fsp3) is 0.150. The fourth-order valence-corrected chi connectivity index (χ4v) is 2.70. The summed E-state index contributed by atoms with van der Waals surface area (Å²) in [5, 5.41) is 6.00. The molecule has 1 aliphatic heterocycles. The van der Waals surface area contributed by atoms with Gasteiger partial charge >= 0.3 is 0 Å². The van der Waals surface area contributed by atoms with Gasteiger partial charge in [0.15, 0.2) is 11.5 Å². The number of carbonyl (C=O) groups is 1. The molecule has 136 valence electrons. The second-order valence-corrected chi connectivity index (χ2v) is 6.18. The number of aryl methyl sites for hydroxylation is 1. The Morgan fingerprint density at radius 2 is 1.89 bits per heavy atom. The van der Waals surface area contributed by atoms with E-state index in [0.717, 1.165) is 22.5 Å². The molecular weight excluding hydrogens is 344 g/mol. The Labute approximate surface area is 156 Å². The SMILES string of the molecule is Cc1cccc(NC(=O)c2cnc(Nc3ccc4c(c3)OCO4)cn2)c1C. The van der Waals surface area contributed by atoms with Crippen molar-refractivity contribution in [3.63, 3.8) is 0 Å². The topological polar surface area (TPSA) is 85.4 Å². The molecule has 0 atom stereocenters. The molecule has 0 radical (unpaired) electrons. The average Bonchev–Trinajstić information content (AvgIpc) is 3.14. The van der Waals surface area contributed by atoms with Gasteiger partial charge in [0, 0.05) is 17.4 Å². The number of carbonyl (C=O) groups excluding carboxylic acids is 1. The van der Waals surface area contributed by atoms with Gasteiger partial charge in [-0.1, -0.05) is 12.1 Å². The van der Waals surface area contributed by atoms with Gasteiger partial charge in [0.05, 0.1) is 12.4 Å². The van der Waals surface area contributed by atoms with Crippen LogP contribution in [0.3, 0.4) is 0 Å². The molecule has 7 nitrogen and oxygen atoms in total. The smallest absolute Gasteiger partial charge is 0.275 e. The Morgan fingerprint density at radius 3 is 2.70 bits per heavy atom. The molecular formula is C20H18N4O3. The van der Waals surface area contributed by atoms with Gasteiger partial charge in [-0.3, -0.25) is 4.79 Å². The monoisotopic (exact) mass is 362 g/mol. The van der Waals surface area contributed by atoms with E-state index >= 15 is 0 Å². The fourth-order valence-electron chi connectivity index (χ4n) is 2.70. The first kappa shape index (κ1) is 16.8. The van der Waals surface area contributed by atoms with Crippen molar-refractivity contribution in [2.24, 2.45) is 0 Å². The third kappa shape index (κ3) is 3.52. The van der Waals surface area contributed by atoms with Crippen molar-refractivity contribution in [3.8, 4) is 11.5 Å². The van der Waals surface area contributed by atoms with Crippen LogP contribution >= 0.6 is 0 Å². The Hall–Kier alpha value is -3.61. The van der Waals surface area contributed by atoms with E-state index in [9.17, 15) is 4.79 Å². The summed E-state index contributed by atoms with van der Waals surface area (Å²) in [6.07, 6.45) is 2.96. The van der Waals surface area contributed by atoms with Crippen LogP contribution in [0.25, 0.3) is 0 Å². The first-order chi connectivity index (χ1) is 13.1. The van der Waals surface area contributed by atoms with E-state index in [1.54, 1.807) is 0 Å². The predicted octanol–water partition coefficient (Wildman–Crippen LogP) is 3.82. The van der Waals surface area contributed by atoms with Crippen molar-refractivity contribution in [3.05, 3.63) is 65.6 Å². The highest BCUT2D eigenvalue weighted by molar-refractivity contribution is 6.03. The summed E-state index contributed by atoms with van der Waals surface area (Å²) in [5.41, 5.74) is 3.94. The zero-order chi connectivity index (χ0) is 18.8. The van der Waals surface area contributed by atoms with Gasteiger partial charge in [-0.15, -0.1) is 0 Å². The molecule has 1 amide bonds. The molecule has 2 N–H and O–H groups in total. The molecule has 1 aliphatic rings. The zero-order valence-corrected chi connectivity index (χ0v) is 14.9. The summed E-state index contributed by atoms with van der Waals surface area (Å²) < 4.78 is 10.6. The minimum Gasteiger partial charge on any atom is -0.454 e. The number of ether oxygens (including phenoxy) is 2. The molecule has 7 heteroatoms. The molecule has 1 aromatic heterocycles. The third-order valence-corrected chi connectivity index (χ3v) is 4.38. The Bertz CT molecular complexity index is 1000. The number of aromatic nitrogens is 2. The van der Waals surface area contributed by atoms with Crippen LogP contribution in [-0.2, 0) is 0 Å². The number of benzene rings is 2. The van der Waals surface area contributed by atoms with E-state index in [4.69, 9.17) is 9.47 Å². The summed E-state index contributed by atoms with van der Waals surface area (Å²) >= 11 is 0. The Balaban J connectivity index is 1.45. The van der Waals surface area contributed by atoms with Crippen LogP contribution in [0, 0.1) is 13.8 Å². The van der Waals surface area contributed by atoms with Crippen molar-refractivity contribution in [2.45, 2.75) is 13.8 Å². The normalized spacial score (nSPS) is 11.9. The van der Waals surface area contributed by atoms with Gasteiger partial charge in [0.2, 0.25) is 6.79 Å². The van der Waals surface area contributed by atoms with E-state index in [2.05, 4.69) is 20.6 Å². The molecule has 0 unspecified atom stereocenters. The molecule has 0 saturated carbocycles. The minimum absolute atomic E-state index is 0.225. The summed E-state index contributed by atoms with van der Waals surface area (Å²) in [5.74, 6) is 1.62. The van der Waals surface area contributed by atoms with Gasteiger partial charge in [0.25, 0.3) is 5.91 Å². The maximum Gasteiger partial charge on any atom is 0.275 e. The number of rotatable bonds is 4.